The molecule has 0 fully saturated rings. The third-order valence-electron chi connectivity index (χ3n) is 2.69. The van der Waals surface area contributed by atoms with Crippen LogP contribution in [0.1, 0.15) is 36.7 Å². The number of hydrogen-bond donors (Lipinski definition) is 2. The van der Waals surface area contributed by atoms with E-state index in [1.165, 1.54) is 6.07 Å². The third-order valence-corrected chi connectivity index (χ3v) is 2.69. The van der Waals surface area contributed by atoms with Crippen LogP contribution < -0.4 is 11.1 Å². The van der Waals surface area contributed by atoms with Crippen LogP contribution in [0.4, 0.5) is 5.69 Å². The molecular weight excluding hydrogens is 282 g/mol. The summed E-state index contributed by atoms with van der Waals surface area (Å²) in [7, 11) is 0. The second-order valence-electron chi connectivity index (χ2n) is 5.28. The monoisotopic (exact) mass is 301 g/mol. The predicted molar refractivity (Wildman–Crippen MR) is 80.4 cm³/mol. The largest absolute Gasteiger partial charge is 0.351 e. The van der Waals surface area contributed by atoms with Crippen LogP contribution in [-0.2, 0) is 5.41 Å². The van der Waals surface area contributed by atoms with Crippen molar-refractivity contribution in [3.8, 4) is 0 Å². The third kappa shape index (κ3) is 4.47. The molecule has 0 aromatic heterocycles. The maximum absolute atomic E-state index is 11.8. The second-order valence-corrected chi connectivity index (χ2v) is 5.28. The summed E-state index contributed by atoms with van der Waals surface area (Å²) < 4.78 is 0. The van der Waals surface area contributed by atoms with E-state index < -0.39 is 4.92 Å². The molecule has 0 aliphatic rings. The summed E-state index contributed by atoms with van der Waals surface area (Å²) >= 11 is 0. The lowest BCUT2D eigenvalue weighted by Crippen LogP contribution is -2.29. The first-order valence-electron chi connectivity index (χ1n) is 6.04. The number of nitrogens with zero attached hydrogens (tertiary/aromatic N) is 1. The fourth-order valence-electron chi connectivity index (χ4n) is 1.75. The maximum atomic E-state index is 11.8. The van der Waals surface area contributed by atoms with Crippen LogP contribution >= 0.6 is 12.4 Å². The number of carbonyl (C=O) groups excluding carboxylic acids is 1. The smallest absolute Gasteiger partial charge is 0.273 e. The van der Waals surface area contributed by atoms with Crippen molar-refractivity contribution in [1.29, 1.82) is 0 Å². The van der Waals surface area contributed by atoms with Crippen LogP contribution in [0.15, 0.2) is 18.2 Å². The van der Waals surface area contributed by atoms with Gasteiger partial charge in [-0.3, -0.25) is 14.9 Å². The Kier molecular flexibility index (Phi) is 6.61. The van der Waals surface area contributed by atoms with Crippen LogP contribution in [0.2, 0.25) is 0 Å². The van der Waals surface area contributed by atoms with Gasteiger partial charge >= 0.3 is 0 Å². The number of halogens is 1. The van der Waals surface area contributed by atoms with E-state index in [-0.39, 0.29) is 35.0 Å². The van der Waals surface area contributed by atoms with Gasteiger partial charge < -0.3 is 11.1 Å². The topological polar surface area (TPSA) is 98.3 Å². The van der Waals surface area contributed by atoms with Crippen LogP contribution in [0.5, 0.6) is 0 Å². The molecule has 0 atom stereocenters. The molecule has 1 amide bonds. The molecule has 1 rings (SSSR count). The maximum Gasteiger partial charge on any atom is 0.273 e. The Labute approximate surface area is 124 Å². The van der Waals surface area contributed by atoms with Gasteiger partial charge in [0.2, 0.25) is 0 Å². The van der Waals surface area contributed by atoms with E-state index in [0.29, 0.717) is 18.7 Å². The van der Waals surface area contributed by atoms with Gasteiger partial charge in [0.05, 0.1) is 4.92 Å². The standard InChI is InChI=1S/C13H19N3O3.ClH/c1-13(2,3)10-5-4-9(8-11(10)16(18)19)12(17)15-7-6-14;/h4-5,8H,6-7,14H2,1-3H3,(H,15,17);1H. The molecule has 0 aliphatic heterocycles. The first-order valence-corrected chi connectivity index (χ1v) is 6.04. The highest BCUT2D eigenvalue weighted by atomic mass is 35.5. The minimum absolute atomic E-state index is 0. The minimum Gasteiger partial charge on any atom is -0.351 e. The Morgan fingerprint density at radius 1 is 1.40 bits per heavy atom. The van der Waals surface area contributed by atoms with Crippen LogP contribution in [-0.4, -0.2) is 23.9 Å². The zero-order valence-electron chi connectivity index (χ0n) is 11.8. The number of nitrogens with two attached hydrogens (primary N) is 1. The van der Waals surface area contributed by atoms with Crippen LogP contribution in [0.3, 0.4) is 0 Å². The molecule has 0 spiro atoms. The molecule has 0 saturated carbocycles. The fourth-order valence-corrected chi connectivity index (χ4v) is 1.75. The van der Waals surface area contributed by atoms with E-state index in [4.69, 9.17) is 5.73 Å². The van der Waals surface area contributed by atoms with Crippen LogP contribution in [0.25, 0.3) is 0 Å². The van der Waals surface area contributed by atoms with Gasteiger partial charge in [0.1, 0.15) is 0 Å². The van der Waals surface area contributed by atoms with Crippen molar-refractivity contribution >= 4 is 24.0 Å². The summed E-state index contributed by atoms with van der Waals surface area (Å²) in [4.78, 5) is 22.4. The molecule has 0 bridgehead atoms. The first kappa shape index (κ1) is 18.3. The lowest BCUT2D eigenvalue weighted by molar-refractivity contribution is -0.386. The van der Waals surface area contributed by atoms with Gasteiger partial charge in [-0.05, 0) is 11.5 Å². The molecule has 20 heavy (non-hydrogen) atoms. The minimum atomic E-state index is -0.458. The van der Waals surface area contributed by atoms with Gasteiger partial charge in [-0.15, -0.1) is 12.4 Å². The molecule has 6 nitrogen and oxygen atoms in total. The van der Waals surface area contributed by atoms with Gasteiger partial charge in [0.15, 0.2) is 0 Å². The fraction of sp³-hybridized carbons (Fsp3) is 0.462. The van der Waals surface area contributed by atoms with Crippen molar-refractivity contribution < 1.29 is 9.72 Å². The molecule has 112 valence electrons. The van der Waals surface area contributed by atoms with Crippen molar-refractivity contribution in [3.05, 3.63) is 39.4 Å². The van der Waals surface area contributed by atoms with Crippen molar-refractivity contribution in [2.75, 3.05) is 13.1 Å². The number of rotatable bonds is 4. The Bertz CT molecular complexity index is 498. The summed E-state index contributed by atoms with van der Waals surface area (Å²) in [6.07, 6.45) is 0. The van der Waals surface area contributed by atoms with Gasteiger partial charge in [0.25, 0.3) is 11.6 Å². The number of benzene rings is 1. The first-order chi connectivity index (χ1) is 8.77. The Hall–Kier alpha value is -1.66. The normalized spacial score (nSPS) is 10.6. The average Bonchev–Trinajstić information content (AvgIpc) is 2.34. The summed E-state index contributed by atoms with van der Waals surface area (Å²) in [5, 5.41) is 13.7. The number of nitro benzene ring substituents is 1. The lowest BCUT2D eigenvalue weighted by atomic mass is 9.85. The SMILES string of the molecule is CC(C)(C)c1ccc(C(=O)NCCN)cc1[N+](=O)[O-].Cl. The van der Waals surface area contributed by atoms with Crippen molar-refractivity contribution in [2.24, 2.45) is 5.73 Å². The van der Waals surface area contributed by atoms with E-state index in [0.717, 1.165) is 0 Å². The summed E-state index contributed by atoms with van der Waals surface area (Å²) in [5.74, 6) is -0.353. The Morgan fingerprint density at radius 2 is 2.00 bits per heavy atom. The zero-order valence-corrected chi connectivity index (χ0v) is 12.6. The van der Waals surface area contributed by atoms with E-state index in [2.05, 4.69) is 5.32 Å². The number of nitro groups is 1. The quantitative estimate of drug-likeness (QED) is 0.656. The summed E-state index contributed by atoms with van der Waals surface area (Å²) in [6, 6.07) is 4.54. The predicted octanol–water partition coefficient (Wildman–Crippen LogP) is 2.00. The summed E-state index contributed by atoms with van der Waals surface area (Å²) in [5.41, 5.74) is 5.78. The molecule has 0 saturated heterocycles. The Balaban J connectivity index is 0.00000361. The highest BCUT2D eigenvalue weighted by molar-refractivity contribution is 5.95. The molecule has 0 unspecified atom stereocenters. The van der Waals surface area contributed by atoms with Crippen molar-refractivity contribution in [2.45, 2.75) is 26.2 Å². The number of hydrogen-bond acceptors (Lipinski definition) is 4. The van der Waals surface area contributed by atoms with Crippen LogP contribution in [0, 0.1) is 10.1 Å². The van der Waals surface area contributed by atoms with Gasteiger partial charge in [0, 0.05) is 30.3 Å². The van der Waals surface area contributed by atoms with Gasteiger partial charge in [-0.1, -0.05) is 26.8 Å². The molecule has 1 aromatic carbocycles. The molecule has 7 heteroatoms. The number of carbonyl (C=O) groups is 1. The average molecular weight is 302 g/mol. The van der Waals surface area contributed by atoms with Crippen molar-refractivity contribution in [1.82, 2.24) is 5.32 Å². The molecular formula is C13H20ClN3O3. The van der Waals surface area contributed by atoms with E-state index in [1.54, 1.807) is 12.1 Å². The van der Waals surface area contributed by atoms with Gasteiger partial charge in [-0.25, -0.2) is 0 Å². The number of nitrogens with one attached hydrogen (secondary N) is 1. The molecule has 0 radical (unpaired) electrons. The lowest BCUT2D eigenvalue weighted by Gasteiger charge is -2.19. The van der Waals surface area contributed by atoms with E-state index in [9.17, 15) is 14.9 Å². The number of amides is 1. The highest BCUT2D eigenvalue weighted by Crippen LogP contribution is 2.31. The Morgan fingerprint density at radius 3 is 2.45 bits per heavy atom. The van der Waals surface area contributed by atoms with Gasteiger partial charge in [-0.2, -0.15) is 0 Å². The van der Waals surface area contributed by atoms with Crippen molar-refractivity contribution in [3.63, 3.8) is 0 Å². The molecule has 0 aliphatic carbocycles. The molecule has 0 heterocycles. The molecule has 1 aromatic rings. The molecule has 3 N–H and O–H groups in total. The van der Waals surface area contributed by atoms with E-state index in [1.807, 2.05) is 20.8 Å². The summed E-state index contributed by atoms with van der Waals surface area (Å²) in [6.45, 7) is 6.35. The second kappa shape index (κ2) is 7.21. The highest BCUT2D eigenvalue weighted by Gasteiger charge is 2.25. The zero-order chi connectivity index (χ0) is 14.6. The van der Waals surface area contributed by atoms with E-state index >= 15 is 0 Å².